The Bertz CT molecular complexity index is 575. The Labute approximate surface area is 122 Å². The topological polar surface area (TPSA) is 37.4 Å². The van der Waals surface area contributed by atoms with Gasteiger partial charge in [-0.1, -0.05) is 37.6 Å². The number of aryl methyl sites for hydroxylation is 1. The molecule has 1 aliphatic rings. The van der Waals surface area contributed by atoms with Crippen molar-refractivity contribution in [2.75, 3.05) is 6.54 Å². The molecule has 1 aromatic carbocycles. The number of hydrogen-bond donors (Lipinski definition) is 0. The molecule has 4 heteroatoms. The maximum Gasteiger partial charge on any atom is 0.243 e. The van der Waals surface area contributed by atoms with Crippen molar-refractivity contribution >= 4 is 10.0 Å². The zero-order valence-electron chi connectivity index (χ0n) is 12.4. The molecule has 0 spiro atoms. The average molecular weight is 293 g/mol. The lowest BCUT2D eigenvalue weighted by molar-refractivity contribution is 0.328. The van der Waals surface area contributed by atoms with E-state index < -0.39 is 10.0 Å². The molecule has 110 valence electrons. The van der Waals surface area contributed by atoms with Crippen LogP contribution in [0.5, 0.6) is 0 Å². The minimum absolute atomic E-state index is 0.0960. The van der Waals surface area contributed by atoms with E-state index in [2.05, 4.69) is 20.4 Å². The molecule has 1 saturated heterocycles. The lowest BCUT2D eigenvalue weighted by atomic mass is 9.89. The van der Waals surface area contributed by atoms with Gasteiger partial charge in [0, 0.05) is 12.6 Å². The predicted molar refractivity (Wildman–Crippen MR) is 82.0 cm³/mol. The third-order valence-corrected chi connectivity index (χ3v) is 6.09. The molecular formula is C16H23NO2S. The van der Waals surface area contributed by atoms with E-state index in [-0.39, 0.29) is 6.04 Å². The Morgan fingerprint density at radius 1 is 1.30 bits per heavy atom. The van der Waals surface area contributed by atoms with Gasteiger partial charge in [0.25, 0.3) is 0 Å². The monoisotopic (exact) mass is 293 g/mol. The molecule has 1 fully saturated rings. The highest BCUT2D eigenvalue weighted by atomic mass is 32.2. The molecule has 2 rings (SSSR count). The van der Waals surface area contributed by atoms with E-state index in [4.69, 9.17) is 0 Å². The van der Waals surface area contributed by atoms with E-state index >= 15 is 0 Å². The highest BCUT2D eigenvalue weighted by Gasteiger charge is 2.40. The van der Waals surface area contributed by atoms with E-state index in [1.807, 2.05) is 19.1 Å². The fourth-order valence-corrected chi connectivity index (χ4v) is 4.62. The number of rotatable bonds is 4. The Balaban J connectivity index is 2.35. The van der Waals surface area contributed by atoms with Gasteiger partial charge >= 0.3 is 0 Å². The van der Waals surface area contributed by atoms with Crippen LogP contribution in [0.25, 0.3) is 0 Å². The smallest absolute Gasteiger partial charge is 0.207 e. The van der Waals surface area contributed by atoms with Gasteiger partial charge in [-0.15, -0.1) is 6.58 Å². The summed E-state index contributed by atoms with van der Waals surface area (Å²) >= 11 is 0. The summed E-state index contributed by atoms with van der Waals surface area (Å²) in [6.45, 7) is 10.7. The fourth-order valence-electron chi connectivity index (χ4n) is 2.96. The Morgan fingerprint density at radius 3 is 2.40 bits per heavy atom. The summed E-state index contributed by atoms with van der Waals surface area (Å²) in [5.41, 5.74) is 1.06. The largest absolute Gasteiger partial charge is 0.243 e. The van der Waals surface area contributed by atoms with Crippen molar-refractivity contribution in [3.05, 3.63) is 42.5 Å². The third-order valence-electron chi connectivity index (χ3n) is 4.18. The Kier molecular flexibility index (Phi) is 4.35. The Morgan fingerprint density at radius 2 is 1.90 bits per heavy atom. The van der Waals surface area contributed by atoms with Gasteiger partial charge < -0.3 is 0 Å². The number of nitrogens with zero attached hydrogens (tertiary/aromatic N) is 1. The van der Waals surface area contributed by atoms with Crippen molar-refractivity contribution in [3.63, 3.8) is 0 Å². The van der Waals surface area contributed by atoms with E-state index in [1.165, 1.54) is 0 Å². The zero-order valence-corrected chi connectivity index (χ0v) is 13.2. The molecule has 2 atom stereocenters. The van der Waals surface area contributed by atoms with Crippen LogP contribution in [0.2, 0.25) is 0 Å². The SMILES string of the molecule is C=C[C@H]1[C@H](C(C)C)CCN1S(=O)(=O)c1ccc(C)cc1. The lowest BCUT2D eigenvalue weighted by Crippen LogP contribution is -2.37. The lowest BCUT2D eigenvalue weighted by Gasteiger charge is -2.26. The fraction of sp³-hybridized carbons (Fsp3) is 0.500. The van der Waals surface area contributed by atoms with Crippen LogP contribution in [0.4, 0.5) is 0 Å². The highest BCUT2D eigenvalue weighted by molar-refractivity contribution is 7.89. The summed E-state index contributed by atoms with van der Waals surface area (Å²) in [6, 6.07) is 6.96. The number of hydrogen-bond acceptors (Lipinski definition) is 2. The van der Waals surface area contributed by atoms with Gasteiger partial charge in [-0.3, -0.25) is 0 Å². The second kappa shape index (κ2) is 5.70. The van der Waals surface area contributed by atoms with Gasteiger partial charge in [0.1, 0.15) is 0 Å². The molecule has 0 aliphatic carbocycles. The maximum atomic E-state index is 12.8. The molecule has 3 nitrogen and oxygen atoms in total. The van der Waals surface area contributed by atoms with Crippen LogP contribution >= 0.6 is 0 Å². The third kappa shape index (κ3) is 2.67. The Hall–Kier alpha value is -1.13. The van der Waals surface area contributed by atoms with Crippen molar-refractivity contribution in [2.24, 2.45) is 11.8 Å². The van der Waals surface area contributed by atoms with Crippen molar-refractivity contribution in [3.8, 4) is 0 Å². The summed E-state index contributed by atoms with van der Waals surface area (Å²) in [7, 11) is -3.42. The minimum Gasteiger partial charge on any atom is -0.207 e. The summed E-state index contributed by atoms with van der Waals surface area (Å²) in [4.78, 5) is 0.374. The molecule has 1 aliphatic heterocycles. The van der Waals surface area contributed by atoms with Gasteiger partial charge in [0.15, 0.2) is 0 Å². The molecule has 0 aromatic heterocycles. The van der Waals surface area contributed by atoms with Gasteiger partial charge in [-0.05, 0) is 37.3 Å². The van der Waals surface area contributed by atoms with Crippen molar-refractivity contribution in [1.29, 1.82) is 0 Å². The molecule has 20 heavy (non-hydrogen) atoms. The van der Waals surface area contributed by atoms with Crippen LogP contribution in [0.3, 0.4) is 0 Å². The first-order valence-electron chi connectivity index (χ1n) is 7.09. The van der Waals surface area contributed by atoms with Crippen LogP contribution < -0.4 is 0 Å². The van der Waals surface area contributed by atoms with E-state index in [1.54, 1.807) is 22.5 Å². The van der Waals surface area contributed by atoms with Gasteiger partial charge in [0.05, 0.1) is 4.90 Å². The number of sulfonamides is 1. The molecular weight excluding hydrogens is 270 g/mol. The summed E-state index contributed by atoms with van der Waals surface area (Å²) < 4.78 is 27.1. The molecule has 1 aromatic rings. The molecule has 0 saturated carbocycles. The van der Waals surface area contributed by atoms with Crippen molar-refractivity contribution < 1.29 is 8.42 Å². The summed E-state index contributed by atoms with van der Waals surface area (Å²) in [5, 5.41) is 0. The standard InChI is InChI=1S/C16H23NO2S/c1-5-16-15(12(2)3)10-11-17(16)20(18,19)14-8-6-13(4)7-9-14/h5-9,12,15-16H,1,10-11H2,2-4H3/t15-,16-/m0/s1. The van der Waals surface area contributed by atoms with Crippen LogP contribution in [0.15, 0.2) is 41.8 Å². The highest BCUT2D eigenvalue weighted by Crippen LogP contribution is 2.35. The van der Waals surface area contributed by atoms with Crippen LogP contribution in [-0.2, 0) is 10.0 Å². The van der Waals surface area contributed by atoms with E-state index in [9.17, 15) is 8.42 Å². The molecule has 0 unspecified atom stereocenters. The van der Waals surface area contributed by atoms with Crippen molar-refractivity contribution in [2.45, 2.75) is 38.1 Å². The summed E-state index contributed by atoms with van der Waals surface area (Å²) in [5.74, 6) is 0.809. The van der Waals surface area contributed by atoms with Gasteiger partial charge in [-0.2, -0.15) is 4.31 Å². The second-order valence-electron chi connectivity index (χ2n) is 5.85. The average Bonchev–Trinajstić information content (AvgIpc) is 2.83. The molecule has 1 heterocycles. The minimum atomic E-state index is -3.42. The van der Waals surface area contributed by atoms with Crippen LogP contribution in [-0.4, -0.2) is 25.3 Å². The first-order chi connectivity index (χ1) is 9.37. The molecule has 0 bridgehead atoms. The molecule has 0 amide bonds. The van der Waals surface area contributed by atoms with Crippen LogP contribution in [0.1, 0.15) is 25.8 Å². The maximum absolute atomic E-state index is 12.8. The normalized spacial score (nSPS) is 24.2. The zero-order chi connectivity index (χ0) is 14.9. The molecule has 0 radical (unpaired) electrons. The van der Waals surface area contributed by atoms with Gasteiger partial charge in [-0.25, -0.2) is 8.42 Å². The van der Waals surface area contributed by atoms with Crippen LogP contribution in [0, 0.1) is 18.8 Å². The number of benzene rings is 1. The molecule has 0 N–H and O–H groups in total. The van der Waals surface area contributed by atoms with Crippen molar-refractivity contribution in [1.82, 2.24) is 4.31 Å². The van der Waals surface area contributed by atoms with E-state index in [0.29, 0.717) is 23.3 Å². The first kappa shape index (κ1) is 15.3. The summed E-state index contributed by atoms with van der Waals surface area (Å²) in [6.07, 6.45) is 2.68. The quantitative estimate of drug-likeness (QED) is 0.799. The predicted octanol–water partition coefficient (Wildman–Crippen LogP) is 3.22. The van der Waals surface area contributed by atoms with Gasteiger partial charge in [0.2, 0.25) is 10.0 Å². The first-order valence-corrected chi connectivity index (χ1v) is 8.53. The second-order valence-corrected chi connectivity index (χ2v) is 7.74. The van der Waals surface area contributed by atoms with E-state index in [0.717, 1.165) is 12.0 Å².